The van der Waals surface area contributed by atoms with Gasteiger partial charge >= 0.3 is 5.97 Å². The van der Waals surface area contributed by atoms with Gasteiger partial charge in [0.25, 0.3) is 0 Å². The lowest BCUT2D eigenvalue weighted by Gasteiger charge is -2.20. The number of carbonyl (C=O) groups excluding carboxylic acids is 1. The predicted molar refractivity (Wildman–Crippen MR) is 47.5 cm³/mol. The van der Waals surface area contributed by atoms with Crippen LogP contribution in [0.5, 0.6) is 0 Å². The van der Waals surface area contributed by atoms with Gasteiger partial charge < -0.3 is 14.2 Å². The summed E-state index contributed by atoms with van der Waals surface area (Å²) < 4.78 is 16.0. The van der Waals surface area contributed by atoms with E-state index in [4.69, 9.17) is 14.2 Å². The van der Waals surface area contributed by atoms with E-state index in [1.54, 1.807) is 13.8 Å². The summed E-state index contributed by atoms with van der Waals surface area (Å²) in [5, 5.41) is 0.583. The molecule has 2 aliphatic heterocycles. The zero-order valence-corrected chi connectivity index (χ0v) is 9.04. The van der Waals surface area contributed by atoms with E-state index in [0.29, 0.717) is 5.33 Å². The van der Waals surface area contributed by atoms with E-state index in [1.807, 2.05) is 0 Å². The van der Waals surface area contributed by atoms with Crippen LogP contribution in [0.1, 0.15) is 13.8 Å². The molecule has 0 bridgehead atoms. The lowest BCUT2D eigenvalue weighted by molar-refractivity contribution is -0.185. The molecule has 2 rings (SSSR count). The molecule has 2 saturated heterocycles. The highest BCUT2D eigenvalue weighted by Crippen LogP contribution is 2.36. The van der Waals surface area contributed by atoms with Crippen molar-refractivity contribution >= 4 is 21.9 Å². The first kappa shape index (κ1) is 9.43. The third-order valence-electron chi connectivity index (χ3n) is 2.15. The molecular weight excluding hydrogens is 240 g/mol. The van der Waals surface area contributed by atoms with Crippen LogP contribution >= 0.6 is 15.9 Å². The molecule has 0 unspecified atom stereocenters. The Bertz CT molecular complexity index is 240. The number of ether oxygens (including phenoxy) is 3. The number of cyclic esters (lactones) is 1. The number of hydrogen-bond donors (Lipinski definition) is 0. The number of esters is 1. The number of rotatable bonds is 1. The molecule has 0 saturated carbocycles. The van der Waals surface area contributed by atoms with E-state index in [0.717, 1.165) is 0 Å². The highest BCUT2D eigenvalue weighted by molar-refractivity contribution is 9.09. The van der Waals surface area contributed by atoms with Gasteiger partial charge in [0.1, 0.15) is 12.2 Å². The molecule has 13 heavy (non-hydrogen) atoms. The van der Waals surface area contributed by atoms with Crippen LogP contribution in [-0.4, -0.2) is 35.4 Å². The van der Waals surface area contributed by atoms with E-state index in [9.17, 15) is 4.79 Å². The summed E-state index contributed by atoms with van der Waals surface area (Å²) in [4.78, 5) is 11.3. The van der Waals surface area contributed by atoms with Gasteiger partial charge in [-0.2, -0.15) is 0 Å². The first-order chi connectivity index (χ1) is 6.03. The van der Waals surface area contributed by atoms with Crippen molar-refractivity contribution in [2.75, 3.05) is 5.33 Å². The molecule has 0 amide bonds. The normalized spacial score (nSPS) is 41.8. The average Bonchev–Trinajstić information content (AvgIpc) is 2.47. The molecule has 0 aromatic heterocycles. The van der Waals surface area contributed by atoms with Crippen molar-refractivity contribution in [3.8, 4) is 0 Å². The van der Waals surface area contributed by atoms with Gasteiger partial charge in [-0.15, -0.1) is 0 Å². The van der Waals surface area contributed by atoms with Crippen LogP contribution < -0.4 is 0 Å². The number of carbonyl (C=O) groups is 1. The van der Waals surface area contributed by atoms with Gasteiger partial charge in [0, 0.05) is 5.33 Å². The summed E-state index contributed by atoms with van der Waals surface area (Å²) in [6.07, 6.45) is -1.03. The minimum Gasteiger partial charge on any atom is -0.457 e. The van der Waals surface area contributed by atoms with Crippen LogP contribution in [0.4, 0.5) is 0 Å². The lowest BCUT2D eigenvalue weighted by Crippen LogP contribution is -2.30. The van der Waals surface area contributed by atoms with Gasteiger partial charge in [-0.25, -0.2) is 4.79 Å². The van der Waals surface area contributed by atoms with E-state index in [2.05, 4.69) is 15.9 Å². The molecule has 0 radical (unpaired) electrons. The lowest BCUT2D eigenvalue weighted by atomic mass is 10.2. The van der Waals surface area contributed by atoms with E-state index in [1.165, 1.54) is 0 Å². The third kappa shape index (κ3) is 1.49. The molecule has 4 nitrogen and oxygen atoms in total. The summed E-state index contributed by atoms with van der Waals surface area (Å²) >= 11 is 3.26. The molecule has 0 N–H and O–H groups in total. The SMILES string of the molecule is CC1(C)O[C@H]2[C@@H](CBr)OC(=O)[C@@H]2O1. The smallest absolute Gasteiger partial charge is 0.338 e. The summed E-state index contributed by atoms with van der Waals surface area (Å²) in [6, 6.07) is 0. The number of hydrogen-bond acceptors (Lipinski definition) is 4. The number of alkyl halides is 1. The molecule has 0 aromatic carbocycles. The van der Waals surface area contributed by atoms with Crippen molar-refractivity contribution in [1.82, 2.24) is 0 Å². The number of fused-ring (bicyclic) bond motifs is 1. The van der Waals surface area contributed by atoms with Crippen molar-refractivity contribution in [2.24, 2.45) is 0 Å². The maximum absolute atomic E-state index is 11.3. The van der Waals surface area contributed by atoms with Crippen LogP contribution in [0.15, 0.2) is 0 Å². The second-order valence-electron chi connectivity index (χ2n) is 3.65. The minimum atomic E-state index is -0.671. The Labute approximate surface area is 84.7 Å². The van der Waals surface area contributed by atoms with Crippen molar-refractivity contribution < 1.29 is 19.0 Å². The minimum absolute atomic E-state index is 0.223. The molecule has 0 spiro atoms. The Morgan fingerprint density at radius 2 is 2.15 bits per heavy atom. The maximum Gasteiger partial charge on any atom is 0.338 e. The van der Waals surface area contributed by atoms with Crippen molar-refractivity contribution in [1.29, 1.82) is 0 Å². The average molecular weight is 251 g/mol. The molecule has 0 aromatic rings. The highest BCUT2D eigenvalue weighted by Gasteiger charge is 2.55. The van der Waals surface area contributed by atoms with Gasteiger partial charge in [-0.1, -0.05) is 15.9 Å². The molecular formula is C8H11BrO4. The Morgan fingerprint density at radius 1 is 1.46 bits per heavy atom. The standard InChI is InChI=1S/C8H11BrO4/c1-8(2)12-5-4(3-9)11-7(10)6(5)13-8/h4-6H,3H2,1-2H3/t4-,5+,6-/m1/s1. The second-order valence-corrected chi connectivity index (χ2v) is 4.30. The number of halogens is 1. The third-order valence-corrected chi connectivity index (χ3v) is 2.79. The van der Waals surface area contributed by atoms with E-state index < -0.39 is 11.9 Å². The van der Waals surface area contributed by atoms with Gasteiger partial charge in [0.2, 0.25) is 0 Å². The fourth-order valence-electron chi connectivity index (χ4n) is 1.65. The summed E-state index contributed by atoms with van der Waals surface area (Å²) in [5.74, 6) is -0.991. The zero-order valence-electron chi connectivity index (χ0n) is 7.45. The molecule has 2 heterocycles. The molecule has 74 valence electrons. The second kappa shape index (κ2) is 2.93. The van der Waals surface area contributed by atoms with Gasteiger partial charge in [0.05, 0.1) is 0 Å². The predicted octanol–water partition coefficient (Wildman–Crippen LogP) is 0.827. The maximum atomic E-state index is 11.3. The monoisotopic (exact) mass is 250 g/mol. The van der Waals surface area contributed by atoms with Crippen LogP contribution in [0, 0.1) is 0 Å². The van der Waals surface area contributed by atoms with Crippen molar-refractivity contribution in [3.63, 3.8) is 0 Å². The molecule has 2 fully saturated rings. The van der Waals surface area contributed by atoms with E-state index >= 15 is 0 Å². The van der Waals surface area contributed by atoms with Crippen LogP contribution in [0.2, 0.25) is 0 Å². The van der Waals surface area contributed by atoms with Crippen LogP contribution in [0.25, 0.3) is 0 Å². The Morgan fingerprint density at radius 3 is 2.77 bits per heavy atom. The summed E-state index contributed by atoms with van der Waals surface area (Å²) in [6.45, 7) is 3.59. The van der Waals surface area contributed by atoms with Crippen LogP contribution in [-0.2, 0) is 19.0 Å². The fraction of sp³-hybridized carbons (Fsp3) is 0.875. The van der Waals surface area contributed by atoms with E-state index in [-0.39, 0.29) is 18.2 Å². The first-order valence-electron chi connectivity index (χ1n) is 4.15. The Kier molecular flexibility index (Phi) is 2.13. The van der Waals surface area contributed by atoms with Crippen molar-refractivity contribution in [3.05, 3.63) is 0 Å². The van der Waals surface area contributed by atoms with Gasteiger partial charge in [-0.05, 0) is 13.8 Å². The van der Waals surface area contributed by atoms with Gasteiger partial charge in [-0.3, -0.25) is 0 Å². The molecule has 3 atom stereocenters. The first-order valence-corrected chi connectivity index (χ1v) is 5.28. The summed E-state index contributed by atoms with van der Waals surface area (Å²) in [7, 11) is 0. The zero-order chi connectivity index (χ0) is 9.64. The largest absolute Gasteiger partial charge is 0.457 e. The molecule has 2 aliphatic rings. The highest BCUT2D eigenvalue weighted by atomic mass is 79.9. The van der Waals surface area contributed by atoms with Crippen molar-refractivity contribution in [2.45, 2.75) is 37.9 Å². The Balaban J connectivity index is 2.17. The molecule has 0 aliphatic carbocycles. The van der Waals surface area contributed by atoms with Crippen LogP contribution in [0.3, 0.4) is 0 Å². The fourth-order valence-corrected chi connectivity index (χ4v) is 2.15. The quantitative estimate of drug-likeness (QED) is 0.511. The summed E-state index contributed by atoms with van der Waals surface area (Å²) in [5.41, 5.74) is 0. The Hall–Kier alpha value is -0.130. The topological polar surface area (TPSA) is 44.8 Å². The molecule has 5 heteroatoms. The van der Waals surface area contributed by atoms with Gasteiger partial charge in [0.15, 0.2) is 11.9 Å².